The van der Waals surface area contributed by atoms with Gasteiger partial charge in [-0.15, -0.1) is 0 Å². The van der Waals surface area contributed by atoms with Crippen molar-refractivity contribution in [3.8, 4) is 0 Å². The van der Waals surface area contributed by atoms with E-state index in [9.17, 15) is 0 Å². The minimum Gasteiger partial charge on any atom is -0.375 e. The molecule has 0 aromatic carbocycles. The number of rotatable bonds is 6. The highest BCUT2D eigenvalue weighted by molar-refractivity contribution is 4.85. The van der Waals surface area contributed by atoms with Crippen LogP contribution in [-0.2, 0) is 4.74 Å². The summed E-state index contributed by atoms with van der Waals surface area (Å²) in [4.78, 5) is 5.02. The van der Waals surface area contributed by atoms with Gasteiger partial charge < -0.3 is 19.9 Å². The summed E-state index contributed by atoms with van der Waals surface area (Å²) in [6, 6.07) is 0.654. The van der Waals surface area contributed by atoms with Gasteiger partial charge in [-0.2, -0.15) is 0 Å². The Morgan fingerprint density at radius 2 is 2.00 bits per heavy atom. The molecule has 4 nitrogen and oxygen atoms in total. The van der Waals surface area contributed by atoms with Crippen molar-refractivity contribution in [2.75, 3.05) is 52.9 Å². The molecule has 0 amide bonds. The molecule has 118 valence electrons. The standard InChI is InChI=1S/C16H33N3O/c1-4-16(2)14-15(6-13-20-16)17-7-5-8-19-11-9-18(3)10-12-19/h15,17H,4-14H2,1-3H3. The Balaban J connectivity index is 1.57. The van der Waals surface area contributed by atoms with Crippen LogP contribution in [0.5, 0.6) is 0 Å². The van der Waals surface area contributed by atoms with Crippen molar-refractivity contribution in [1.29, 1.82) is 0 Å². The maximum atomic E-state index is 5.90. The second kappa shape index (κ2) is 7.74. The first-order valence-corrected chi connectivity index (χ1v) is 8.39. The van der Waals surface area contributed by atoms with Crippen molar-refractivity contribution in [2.45, 2.75) is 51.2 Å². The lowest BCUT2D eigenvalue weighted by Gasteiger charge is -2.38. The van der Waals surface area contributed by atoms with E-state index in [1.54, 1.807) is 0 Å². The minimum atomic E-state index is 0.105. The van der Waals surface area contributed by atoms with Crippen LogP contribution in [0.2, 0.25) is 0 Å². The zero-order chi connectivity index (χ0) is 14.4. The number of ether oxygens (including phenoxy) is 1. The van der Waals surface area contributed by atoms with E-state index in [1.165, 1.54) is 45.6 Å². The Bertz CT molecular complexity index is 279. The highest BCUT2D eigenvalue weighted by Gasteiger charge is 2.31. The lowest BCUT2D eigenvalue weighted by Crippen LogP contribution is -2.47. The molecule has 0 saturated carbocycles. The third-order valence-electron chi connectivity index (χ3n) is 5.02. The normalized spacial score (nSPS) is 33.5. The molecule has 2 atom stereocenters. The lowest BCUT2D eigenvalue weighted by molar-refractivity contribution is -0.0779. The van der Waals surface area contributed by atoms with Crippen LogP contribution in [0, 0.1) is 0 Å². The SMILES string of the molecule is CCC1(C)CC(NCCCN2CCN(C)CC2)CCO1. The quantitative estimate of drug-likeness (QED) is 0.749. The number of piperazine rings is 1. The molecule has 2 heterocycles. The summed E-state index contributed by atoms with van der Waals surface area (Å²) >= 11 is 0. The van der Waals surface area contributed by atoms with Crippen molar-refractivity contribution >= 4 is 0 Å². The van der Waals surface area contributed by atoms with Gasteiger partial charge in [0.15, 0.2) is 0 Å². The number of hydrogen-bond acceptors (Lipinski definition) is 4. The van der Waals surface area contributed by atoms with Gasteiger partial charge in [0.2, 0.25) is 0 Å². The Kier molecular flexibility index (Phi) is 6.27. The monoisotopic (exact) mass is 283 g/mol. The molecule has 2 rings (SSSR count). The average Bonchev–Trinajstić information content (AvgIpc) is 2.46. The lowest BCUT2D eigenvalue weighted by atomic mass is 9.90. The predicted octanol–water partition coefficient (Wildman–Crippen LogP) is 1.56. The molecular formula is C16H33N3O. The van der Waals surface area contributed by atoms with Gasteiger partial charge >= 0.3 is 0 Å². The molecule has 0 radical (unpaired) electrons. The fourth-order valence-electron chi connectivity index (χ4n) is 3.23. The second-order valence-corrected chi connectivity index (χ2v) is 6.79. The van der Waals surface area contributed by atoms with E-state index in [0.717, 1.165) is 26.0 Å². The summed E-state index contributed by atoms with van der Waals surface area (Å²) in [6.45, 7) is 12.7. The van der Waals surface area contributed by atoms with E-state index in [0.29, 0.717) is 6.04 Å². The van der Waals surface area contributed by atoms with Crippen molar-refractivity contribution < 1.29 is 4.74 Å². The largest absolute Gasteiger partial charge is 0.375 e. The summed E-state index contributed by atoms with van der Waals surface area (Å²) in [5.74, 6) is 0. The summed E-state index contributed by atoms with van der Waals surface area (Å²) in [7, 11) is 2.22. The van der Waals surface area contributed by atoms with Crippen molar-refractivity contribution in [1.82, 2.24) is 15.1 Å². The first-order valence-electron chi connectivity index (χ1n) is 8.39. The van der Waals surface area contributed by atoms with Gasteiger partial charge in [-0.1, -0.05) is 6.92 Å². The molecule has 0 spiro atoms. The van der Waals surface area contributed by atoms with E-state index in [2.05, 4.69) is 36.0 Å². The first-order chi connectivity index (χ1) is 9.61. The minimum absolute atomic E-state index is 0.105. The number of nitrogens with one attached hydrogen (secondary N) is 1. The maximum absolute atomic E-state index is 5.90. The molecular weight excluding hydrogens is 250 g/mol. The first kappa shape index (κ1) is 16.2. The summed E-state index contributed by atoms with van der Waals surface area (Å²) < 4.78 is 5.90. The molecule has 2 aliphatic rings. The Morgan fingerprint density at radius 1 is 1.25 bits per heavy atom. The average molecular weight is 283 g/mol. The Labute approximate surface area is 124 Å². The molecule has 4 heteroatoms. The van der Waals surface area contributed by atoms with Gasteiger partial charge in [0.05, 0.1) is 5.60 Å². The van der Waals surface area contributed by atoms with Crippen LogP contribution >= 0.6 is 0 Å². The van der Waals surface area contributed by atoms with Crippen molar-refractivity contribution in [2.24, 2.45) is 0 Å². The summed E-state index contributed by atoms with van der Waals surface area (Å²) in [5, 5.41) is 3.74. The molecule has 0 aromatic heterocycles. The Hall–Kier alpha value is -0.160. The smallest absolute Gasteiger partial charge is 0.0666 e. The number of nitrogens with zero attached hydrogens (tertiary/aromatic N) is 2. The summed E-state index contributed by atoms with van der Waals surface area (Å²) in [6.07, 6.45) is 4.72. The van der Waals surface area contributed by atoms with Crippen LogP contribution < -0.4 is 5.32 Å². The van der Waals surface area contributed by atoms with E-state index in [4.69, 9.17) is 4.74 Å². The van der Waals surface area contributed by atoms with E-state index in [-0.39, 0.29) is 5.60 Å². The summed E-state index contributed by atoms with van der Waals surface area (Å²) in [5.41, 5.74) is 0.105. The zero-order valence-corrected chi connectivity index (χ0v) is 13.7. The Morgan fingerprint density at radius 3 is 2.70 bits per heavy atom. The van der Waals surface area contributed by atoms with Crippen LogP contribution in [0.1, 0.15) is 39.5 Å². The van der Waals surface area contributed by atoms with E-state index < -0.39 is 0 Å². The van der Waals surface area contributed by atoms with Crippen LogP contribution in [0.25, 0.3) is 0 Å². The molecule has 2 unspecified atom stereocenters. The van der Waals surface area contributed by atoms with Crippen LogP contribution in [0.4, 0.5) is 0 Å². The van der Waals surface area contributed by atoms with Gasteiger partial charge in [0.25, 0.3) is 0 Å². The third-order valence-corrected chi connectivity index (χ3v) is 5.02. The second-order valence-electron chi connectivity index (χ2n) is 6.79. The van der Waals surface area contributed by atoms with Crippen molar-refractivity contribution in [3.63, 3.8) is 0 Å². The van der Waals surface area contributed by atoms with Crippen LogP contribution in [0.3, 0.4) is 0 Å². The number of likely N-dealkylation sites (N-methyl/N-ethyl adjacent to an activating group) is 1. The molecule has 0 aliphatic carbocycles. The fourth-order valence-corrected chi connectivity index (χ4v) is 3.23. The fraction of sp³-hybridized carbons (Fsp3) is 1.00. The highest BCUT2D eigenvalue weighted by atomic mass is 16.5. The molecule has 20 heavy (non-hydrogen) atoms. The molecule has 2 saturated heterocycles. The molecule has 2 fully saturated rings. The van der Waals surface area contributed by atoms with Crippen molar-refractivity contribution in [3.05, 3.63) is 0 Å². The number of hydrogen-bond donors (Lipinski definition) is 1. The van der Waals surface area contributed by atoms with E-state index >= 15 is 0 Å². The van der Waals surface area contributed by atoms with Gasteiger partial charge in [0.1, 0.15) is 0 Å². The van der Waals surface area contributed by atoms with Crippen LogP contribution in [-0.4, -0.2) is 74.4 Å². The molecule has 2 aliphatic heterocycles. The van der Waals surface area contributed by atoms with Gasteiger partial charge in [-0.25, -0.2) is 0 Å². The third kappa shape index (κ3) is 4.99. The molecule has 0 bridgehead atoms. The van der Waals surface area contributed by atoms with Gasteiger partial charge in [0, 0.05) is 38.8 Å². The molecule has 0 aromatic rings. The van der Waals surface area contributed by atoms with Gasteiger partial charge in [-0.3, -0.25) is 0 Å². The van der Waals surface area contributed by atoms with E-state index in [1.807, 2.05) is 0 Å². The topological polar surface area (TPSA) is 27.7 Å². The van der Waals surface area contributed by atoms with Gasteiger partial charge in [-0.05, 0) is 52.7 Å². The van der Waals surface area contributed by atoms with Crippen LogP contribution in [0.15, 0.2) is 0 Å². The zero-order valence-electron chi connectivity index (χ0n) is 13.7. The maximum Gasteiger partial charge on any atom is 0.0666 e. The molecule has 1 N–H and O–H groups in total. The highest BCUT2D eigenvalue weighted by Crippen LogP contribution is 2.27. The predicted molar refractivity (Wildman–Crippen MR) is 84.2 cm³/mol.